The van der Waals surface area contributed by atoms with E-state index in [1.54, 1.807) is 4.90 Å². The number of aryl methyl sites for hydroxylation is 2. The number of fused-ring (bicyclic) bond motifs is 6. The van der Waals surface area contributed by atoms with Gasteiger partial charge in [-0.15, -0.1) is 0 Å². The van der Waals surface area contributed by atoms with Gasteiger partial charge in [-0.25, -0.2) is 0 Å². The number of hydrogen-bond acceptors (Lipinski definition) is 6. The number of ether oxygens (including phenoxy) is 1. The molecule has 36 heavy (non-hydrogen) atoms. The minimum Gasteiger partial charge on any atom is -0.494 e. The number of nitrogens with zero attached hydrogens (tertiary/aromatic N) is 3. The highest BCUT2D eigenvalue weighted by Gasteiger charge is 2.60. The maximum absolute atomic E-state index is 14.4. The topological polar surface area (TPSA) is 87.9 Å². The van der Waals surface area contributed by atoms with Crippen molar-refractivity contribution >= 4 is 17.5 Å². The zero-order valence-electron chi connectivity index (χ0n) is 20.6. The lowest BCUT2D eigenvalue weighted by Crippen LogP contribution is -2.47. The first-order valence-corrected chi connectivity index (χ1v) is 12.6. The van der Waals surface area contributed by atoms with Crippen LogP contribution in [0.3, 0.4) is 0 Å². The second kappa shape index (κ2) is 8.78. The van der Waals surface area contributed by atoms with Crippen LogP contribution in [0, 0.1) is 13.8 Å². The predicted octanol–water partition coefficient (Wildman–Crippen LogP) is 3.42. The number of anilines is 1. The minimum absolute atomic E-state index is 0.00901. The van der Waals surface area contributed by atoms with Crippen LogP contribution in [0.5, 0.6) is 5.75 Å². The van der Waals surface area contributed by atoms with Crippen LogP contribution in [-0.4, -0.2) is 48.1 Å². The number of aromatic nitrogens is 1. The number of carbonyl (C=O) groups excluding carboxylic acids is 2. The smallest absolute Gasteiger partial charge is 0.240 e. The lowest BCUT2D eigenvalue weighted by molar-refractivity contribution is -0.127. The molecule has 2 atom stereocenters. The fourth-order valence-electron chi connectivity index (χ4n) is 6.17. The average Bonchev–Trinajstić information content (AvgIpc) is 3.49. The van der Waals surface area contributed by atoms with Crippen LogP contribution in [0.15, 0.2) is 53.1 Å². The van der Waals surface area contributed by atoms with Crippen molar-refractivity contribution in [3.05, 3.63) is 76.7 Å². The molecule has 0 saturated carbocycles. The minimum atomic E-state index is -0.807. The number of benzene rings is 2. The SMILES string of the molecule is Cc1noc(C)c1CN1CC[C@]23C(=O)N(CC(=O)NCCCOc4cccc(c4)[C@H]12)c1ccccc13. The van der Waals surface area contributed by atoms with Gasteiger partial charge in [0.25, 0.3) is 0 Å². The zero-order valence-corrected chi connectivity index (χ0v) is 20.6. The summed E-state index contributed by atoms with van der Waals surface area (Å²) >= 11 is 0. The molecule has 0 radical (unpaired) electrons. The highest BCUT2D eigenvalue weighted by Crippen LogP contribution is 2.57. The molecule has 0 aliphatic carbocycles. The molecule has 8 nitrogen and oxygen atoms in total. The number of para-hydroxylation sites is 1. The molecule has 0 unspecified atom stereocenters. The van der Waals surface area contributed by atoms with Crippen LogP contribution in [0.25, 0.3) is 0 Å². The van der Waals surface area contributed by atoms with Crippen LogP contribution in [0.1, 0.15) is 47.0 Å². The fourth-order valence-corrected chi connectivity index (χ4v) is 6.17. The molecule has 4 bridgehead atoms. The average molecular weight is 487 g/mol. The van der Waals surface area contributed by atoms with E-state index >= 15 is 0 Å². The molecule has 2 amide bonds. The van der Waals surface area contributed by atoms with Gasteiger partial charge in [0.05, 0.1) is 23.8 Å². The summed E-state index contributed by atoms with van der Waals surface area (Å²) < 4.78 is 11.5. The first kappa shape index (κ1) is 22.8. The molecule has 8 heteroatoms. The summed E-state index contributed by atoms with van der Waals surface area (Å²) in [4.78, 5) is 31.3. The third-order valence-corrected chi connectivity index (χ3v) is 7.86. The van der Waals surface area contributed by atoms with E-state index in [1.807, 2.05) is 44.2 Å². The molecule has 6 rings (SSSR count). The fraction of sp³-hybridized carbons (Fsp3) is 0.393. The molecular weight excluding hydrogens is 456 g/mol. The van der Waals surface area contributed by atoms with Gasteiger partial charge in [0.15, 0.2) is 0 Å². The number of nitrogens with one attached hydrogen (secondary N) is 1. The van der Waals surface area contributed by atoms with Crippen molar-refractivity contribution in [1.29, 1.82) is 0 Å². The molecule has 1 spiro atoms. The van der Waals surface area contributed by atoms with Gasteiger partial charge in [-0.05, 0) is 56.0 Å². The maximum atomic E-state index is 14.4. The Kier molecular flexibility index (Phi) is 5.56. The summed E-state index contributed by atoms with van der Waals surface area (Å²) in [6.07, 6.45) is 1.34. The van der Waals surface area contributed by atoms with Gasteiger partial charge in [0.2, 0.25) is 11.8 Å². The Labute approximate surface area is 210 Å². The molecule has 3 aliphatic heterocycles. The molecule has 1 N–H and O–H groups in total. The molecule has 1 fully saturated rings. The first-order chi connectivity index (χ1) is 17.5. The highest BCUT2D eigenvalue weighted by molar-refractivity contribution is 6.11. The summed E-state index contributed by atoms with van der Waals surface area (Å²) in [5.74, 6) is 1.38. The normalized spacial score (nSPS) is 24.1. The number of amides is 2. The van der Waals surface area contributed by atoms with Crippen LogP contribution in [-0.2, 0) is 21.5 Å². The van der Waals surface area contributed by atoms with E-state index in [9.17, 15) is 9.59 Å². The van der Waals surface area contributed by atoms with Gasteiger partial charge < -0.3 is 19.5 Å². The van der Waals surface area contributed by atoms with Crippen molar-refractivity contribution in [1.82, 2.24) is 15.4 Å². The van der Waals surface area contributed by atoms with Crippen molar-refractivity contribution in [2.45, 2.75) is 44.7 Å². The lowest BCUT2D eigenvalue weighted by Gasteiger charge is -2.35. The largest absolute Gasteiger partial charge is 0.494 e. The molecule has 2 aromatic carbocycles. The zero-order chi connectivity index (χ0) is 24.9. The van der Waals surface area contributed by atoms with E-state index < -0.39 is 5.41 Å². The Bertz CT molecular complexity index is 1320. The molecule has 186 valence electrons. The maximum Gasteiger partial charge on any atom is 0.240 e. The summed E-state index contributed by atoms with van der Waals surface area (Å²) in [5, 5.41) is 7.10. The molecule has 1 aromatic heterocycles. The predicted molar refractivity (Wildman–Crippen MR) is 134 cm³/mol. The van der Waals surface area contributed by atoms with Crippen LogP contribution in [0.2, 0.25) is 0 Å². The summed E-state index contributed by atoms with van der Waals surface area (Å²) in [6, 6.07) is 15.8. The van der Waals surface area contributed by atoms with Crippen LogP contribution < -0.4 is 15.0 Å². The Morgan fingerprint density at radius 2 is 2.00 bits per heavy atom. The summed E-state index contributed by atoms with van der Waals surface area (Å²) in [6.45, 7) is 6.24. The standard InChI is InChI=1S/C28H30N4O4/c1-18-22(19(2)36-30-18)16-31-13-11-28-23-9-3-4-10-24(23)32(27(28)34)17-25(33)29-12-6-14-35-21-8-5-7-20(15-21)26(28)31/h3-5,7-10,15,26H,6,11-14,16-17H2,1-2H3,(H,29,33)/t26-,28+/m0/s1. The van der Waals surface area contributed by atoms with Crippen molar-refractivity contribution in [2.75, 3.05) is 31.1 Å². The van der Waals surface area contributed by atoms with Gasteiger partial charge in [0, 0.05) is 30.9 Å². The quantitative estimate of drug-likeness (QED) is 0.597. The lowest BCUT2D eigenvalue weighted by atomic mass is 9.72. The van der Waals surface area contributed by atoms with Crippen molar-refractivity contribution in [3.8, 4) is 5.75 Å². The van der Waals surface area contributed by atoms with Crippen molar-refractivity contribution in [3.63, 3.8) is 0 Å². The molecule has 4 heterocycles. The first-order valence-electron chi connectivity index (χ1n) is 12.6. The van der Waals surface area contributed by atoms with Gasteiger partial charge in [-0.3, -0.25) is 14.5 Å². The molecular formula is C28H30N4O4. The van der Waals surface area contributed by atoms with Gasteiger partial charge in [-0.1, -0.05) is 35.5 Å². The number of rotatable bonds is 2. The van der Waals surface area contributed by atoms with Crippen molar-refractivity contribution < 1.29 is 18.8 Å². The summed E-state index contributed by atoms with van der Waals surface area (Å²) in [7, 11) is 0. The second-order valence-electron chi connectivity index (χ2n) is 9.93. The van der Waals surface area contributed by atoms with E-state index in [1.165, 1.54) is 0 Å². The number of hydrogen-bond donors (Lipinski definition) is 1. The molecule has 3 aromatic rings. The van der Waals surface area contributed by atoms with Crippen LogP contribution in [0.4, 0.5) is 5.69 Å². The Balaban J connectivity index is 1.53. The van der Waals surface area contributed by atoms with Gasteiger partial charge in [-0.2, -0.15) is 0 Å². The second-order valence-corrected chi connectivity index (χ2v) is 9.93. The van der Waals surface area contributed by atoms with E-state index in [4.69, 9.17) is 9.26 Å². The Morgan fingerprint density at radius 1 is 1.14 bits per heavy atom. The van der Waals surface area contributed by atoms with E-state index in [2.05, 4.69) is 33.6 Å². The van der Waals surface area contributed by atoms with E-state index in [0.29, 0.717) is 32.5 Å². The highest BCUT2D eigenvalue weighted by atomic mass is 16.5. The Hall–Kier alpha value is -3.65. The van der Waals surface area contributed by atoms with Gasteiger partial charge >= 0.3 is 0 Å². The van der Waals surface area contributed by atoms with E-state index in [0.717, 1.165) is 46.1 Å². The molecule has 3 aliphatic rings. The third kappa shape index (κ3) is 3.51. The Morgan fingerprint density at radius 3 is 2.83 bits per heavy atom. The number of likely N-dealkylation sites (tertiary alicyclic amines) is 1. The number of carbonyl (C=O) groups is 2. The van der Waals surface area contributed by atoms with Gasteiger partial charge in [0.1, 0.15) is 18.1 Å². The van der Waals surface area contributed by atoms with Crippen molar-refractivity contribution in [2.24, 2.45) is 0 Å². The molecule has 1 saturated heterocycles. The summed E-state index contributed by atoms with van der Waals surface area (Å²) in [5.41, 5.74) is 3.94. The third-order valence-electron chi connectivity index (χ3n) is 7.86. The monoisotopic (exact) mass is 486 g/mol. The van der Waals surface area contributed by atoms with Crippen LogP contribution >= 0.6 is 0 Å². The van der Waals surface area contributed by atoms with E-state index in [-0.39, 0.29) is 24.4 Å².